The van der Waals surface area contributed by atoms with Gasteiger partial charge in [0, 0.05) is 25.5 Å². The van der Waals surface area contributed by atoms with E-state index in [2.05, 4.69) is 29.2 Å². The molecule has 18 heavy (non-hydrogen) atoms. The minimum absolute atomic E-state index is 0.800. The van der Waals surface area contributed by atoms with Gasteiger partial charge in [0.2, 0.25) is 0 Å². The van der Waals surface area contributed by atoms with E-state index in [0.29, 0.717) is 0 Å². The molecule has 0 fully saturated rings. The van der Waals surface area contributed by atoms with Gasteiger partial charge >= 0.3 is 0 Å². The molecule has 0 aliphatic carbocycles. The Kier molecular flexibility index (Phi) is 5.25. The van der Waals surface area contributed by atoms with Crippen LogP contribution in [0, 0.1) is 0 Å². The summed E-state index contributed by atoms with van der Waals surface area (Å²) in [6.45, 7) is 4.00. The zero-order valence-electron chi connectivity index (χ0n) is 11.6. The van der Waals surface area contributed by atoms with Crippen molar-refractivity contribution in [2.75, 3.05) is 24.7 Å². The predicted molar refractivity (Wildman–Crippen MR) is 82.0 cm³/mol. The molecule has 0 bridgehead atoms. The fourth-order valence-electron chi connectivity index (χ4n) is 1.63. The largest absolute Gasteiger partial charge is 0.399 e. The molecule has 2 heteroatoms. The number of nitrogens with two attached hydrogens (primary N) is 1. The molecule has 0 saturated carbocycles. The molecule has 0 unspecified atom stereocenters. The van der Waals surface area contributed by atoms with E-state index in [9.17, 15) is 0 Å². The zero-order chi connectivity index (χ0) is 13.5. The van der Waals surface area contributed by atoms with Crippen LogP contribution >= 0.6 is 0 Å². The number of hydrogen-bond acceptors (Lipinski definition) is 2. The topological polar surface area (TPSA) is 29.3 Å². The summed E-state index contributed by atoms with van der Waals surface area (Å²) in [7, 11) is 4.08. The van der Waals surface area contributed by atoms with Gasteiger partial charge < -0.3 is 10.6 Å². The average Bonchev–Trinajstić information content (AvgIpc) is 2.42. The van der Waals surface area contributed by atoms with Crippen LogP contribution in [0.5, 0.6) is 0 Å². The Labute approximate surface area is 110 Å². The van der Waals surface area contributed by atoms with Gasteiger partial charge in [-0.1, -0.05) is 38.1 Å². The lowest BCUT2D eigenvalue weighted by Gasteiger charge is -2.12. The molecule has 0 aliphatic heterocycles. The summed E-state index contributed by atoms with van der Waals surface area (Å²) >= 11 is 0. The van der Waals surface area contributed by atoms with Gasteiger partial charge in [0.25, 0.3) is 0 Å². The van der Waals surface area contributed by atoms with Crippen LogP contribution in [0.4, 0.5) is 11.4 Å². The van der Waals surface area contributed by atoms with Gasteiger partial charge in [-0.05, 0) is 35.4 Å². The predicted octanol–water partition coefficient (Wildman–Crippen LogP) is 4.03. The molecule has 0 radical (unpaired) electrons. The van der Waals surface area contributed by atoms with Crippen molar-refractivity contribution in [1.82, 2.24) is 0 Å². The Hall–Kier alpha value is -1.96. The summed E-state index contributed by atoms with van der Waals surface area (Å²) in [6, 6.07) is 16.4. The fourth-order valence-corrected chi connectivity index (χ4v) is 1.63. The van der Waals surface area contributed by atoms with Crippen LogP contribution in [0.15, 0.2) is 48.5 Å². The lowest BCUT2D eigenvalue weighted by molar-refractivity contribution is 1.13. The highest BCUT2D eigenvalue weighted by molar-refractivity contribution is 5.67. The maximum Gasteiger partial charge on any atom is 0.0361 e. The van der Waals surface area contributed by atoms with Gasteiger partial charge in [-0.3, -0.25) is 0 Å². The molecule has 2 rings (SSSR count). The normalized spacial score (nSPS) is 9.33. The molecule has 0 aromatic heterocycles. The molecular weight excluding hydrogens is 220 g/mol. The number of rotatable bonds is 2. The monoisotopic (exact) mass is 242 g/mol. The van der Waals surface area contributed by atoms with Crippen molar-refractivity contribution in [3.05, 3.63) is 48.5 Å². The van der Waals surface area contributed by atoms with Crippen LogP contribution in [0.3, 0.4) is 0 Å². The van der Waals surface area contributed by atoms with Crippen LogP contribution in [0.2, 0.25) is 0 Å². The van der Waals surface area contributed by atoms with E-state index in [1.807, 2.05) is 52.2 Å². The minimum Gasteiger partial charge on any atom is -0.399 e. The quantitative estimate of drug-likeness (QED) is 0.806. The van der Waals surface area contributed by atoms with Crippen molar-refractivity contribution in [2.45, 2.75) is 13.8 Å². The van der Waals surface area contributed by atoms with E-state index < -0.39 is 0 Å². The first-order chi connectivity index (χ1) is 8.66. The summed E-state index contributed by atoms with van der Waals surface area (Å²) < 4.78 is 0. The van der Waals surface area contributed by atoms with Crippen LogP contribution in [-0.2, 0) is 0 Å². The highest BCUT2D eigenvalue weighted by Crippen LogP contribution is 2.23. The van der Waals surface area contributed by atoms with Crippen molar-refractivity contribution < 1.29 is 0 Å². The van der Waals surface area contributed by atoms with E-state index >= 15 is 0 Å². The minimum atomic E-state index is 0.800. The van der Waals surface area contributed by atoms with Gasteiger partial charge in [0.05, 0.1) is 0 Å². The average molecular weight is 242 g/mol. The Balaban J connectivity index is 0.000000771. The summed E-state index contributed by atoms with van der Waals surface area (Å²) in [5, 5.41) is 0. The van der Waals surface area contributed by atoms with Crippen molar-refractivity contribution in [3.63, 3.8) is 0 Å². The molecule has 0 amide bonds. The van der Waals surface area contributed by atoms with Crippen molar-refractivity contribution in [3.8, 4) is 11.1 Å². The van der Waals surface area contributed by atoms with E-state index in [-0.39, 0.29) is 0 Å². The smallest absolute Gasteiger partial charge is 0.0361 e. The van der Waals surface area contributed by atoms with E-state index in [1.165, 1.54) is 16.8 Å². The standard InChI is InChI=1S/C14H16N2.C2H6/c1-16(2)14-9-5-12(6-10-14)11-3-7-13(15)8-4-11;1-2/h3-10H,15H2,1-2H3;1-2H3. The van der Waals surface area contributed by atoms with Gasteiger partial charge in [-0.25, -0.2) is 0 Å². The molecule has 0 aliphatic rings. The summed E-state index contributed by atoms with van der Waals surface area (Å²) in [4.78, 5) is 2.09. The number of anilines is 2. The van der Waals surface area contributed by atoms with Crippen molar-refractivity contribution >= 4 is 11.4 Å². The SMILES string of the molecule is CC.CN(C)c1ccc(-c2ccc(N)cc2)cc1. The maximum atomic E-state index is 5.66. The number of hydrogen-bond donors (Lipinski definition) is 1. The lowest BCUT2D eigenvalue weighted by atomic mass is 10.1. The Bertz CT molecular complexity index is 455. The zero-order valence-corrected chi connectivity index (χ0v) is 11.6. The molecule has 0 spiro atoms. The Morgan fingerprint density at radius 3 is 1.50 bits per heavy atom. The summed E-state index contributed by atoms with van der Waals surface area (Å²) in [6.07, 6.45) is 0. The highest BCUT2D eigenvalue weighted by atomic mass is 15.1. The molecule has 2 N–H and O–H groups in total. The molecule has 0 saturated heterocycles. The Morgan fingerprint density at radius 1 is 0.722 bits per heavy atom. The number of nitrogen functional groups attached to an aromatic ring is 1. The second kappa shape index (κ2) is 6.70. The van der Waals surface area contributed by atoms with Crippen molar-refractivity contribution in [2.24, 2.45) is 0 Å². The van der Waals surface area contributed by atoms with Gasteiger partial charge in [0.15, 0.2) is 0 Å². The van der Waals surface area contributed by atoms with Crippen LogP contribution < -0.4 is 10.6 Å². The van der Waals surface area contributed by atoms with E-state index in [4.69, 9.17) is 5.73 Å². The third-order valence-corrected chi connectivity index (χ3v) is 2.63. The second-order valence-electron chi connectivity index (χ2n) is 4.06. The highest BCUT2D eigenvalue weighted by Gasteiger charge is 1.98. The molecular formula is C16H22N2. The van der Waals surface area contributed by atoms with Gasteiger partial charge in [-0.15, -0.1) is 0 Å². The van der Waals surface area contributed by atoms with Gasteiger partial charge in [-0.2, -0.15) is 0 Å². The molecule has 96 valence electrons. The van der Waals surface area contributed by atoms with Crippen molar-refractivity contribution in [1.29, 1.82) is 0 Å². The third-order valence-electron chi connectivity index (χ3n) is 2.63. The first-order valence-corrected chi connectivity index (χ1v) is 6.30. The van der Waals surface area contributed by atoms with Crippen LogP contribution in [0.25, 0.3) is 11.1 Å². The fraction of sp³-hybridized carbons (Fsp3) is 0.250. The molecule has 2 aromatic rings. The summed E-state index contributed by atoms with van der Waals surface area (Å²) in [5.41, 5.74) is 10.1. The number of benzene rings is 2. The van der Waals surface area contributed by atoms with E-state index in [0.717, 1.165) is 5.69 Å². The first-order valence-electron chi connectivity index (χ1n) is 6.30. The molecule has 2 nitrogen and oxygen atoms in total. The summed E-state index contributed by atoms with van der Waals surface area (Å²) in [5.74, 6) is 0. The molecule has 0 heterocycles. The van der Waals surface area contributed by atoms with E-state index in [1.54, 1.807) is 0 Å². The molecule has 0 atom stereocenters. The maximum absolute atomic E-state index is 5.66. The second-order valence-corrected chi connectivity index (χ2v) is 4.06. The Morgan fingerprint density at radius 2 is 1.11 bits per heavy atom. The van der Waals surface area contributed by atoms with Crippen LogP contribution in [-0.4, -0.2) is 14.1 Å². The number of nitrogens with zero attached hydrogens (tertiary/aromatic N) is 1. The first kappa shape index (κ1) is 14.1. The molecule has 2 aromatic carbocycles. The van der Waals surface area contributed by atoms with Gasteiger partial charge in [0.1, 0.15) is 0 Å². The van der Waals surface area contributed by atoms with Crippen LogP contribution in [0.1, 0.15) is 13.8 Å². The lowest BCUT2D eigenvalue weighted by Crippen LogP contribution is -2.07. The third kappa shape index (κ3) is 3.52.